The number of halogens is 1. The number of rotatable bonds is 2. The van der Waals surface area contributed by atoms with Crippen LogP contribution in [0.25, 0.3) is 0 Å². The lowest BCUT2D eigenvalue weighted by Gasteiger charge is -2.12. The van der Waals surface area contributed by atoms with Crippen LogP contribution in [0.1, 0.15) is 12.8 Å². The van der Waals surface area contributed by atoms with E-state index in [4.69, 9.17) is 16.3 Å². The molecule has 0 spiro atoms. The highest BCUT2D eigenvalue weighted by Crippen LogP contribution is 2.33. The maximum absolute atomic E-state index is 11.3. The number of hydrogen-bond donors (Lipinski definition) is 0. The molecule has 1 heterocycles. The lowest BCUT2D eigenvalue weighted by molar-refractivity contribution is -0.135. The third-order valence-corrected chi connectivity index (χ3v) is 2.65. The van der Waals surface area contributed by atoms with Crippen LogP contribution in [0.5, 0.6) is 0 Å². The fraction of sp³-hybridized carbons (Fsp3) is 0.400. The first-order chi connectivity index (χ1) is 6.70. The van der Waals surface area contributed by atoms with Gasteiger partial charge >= 0.3 is 5.97 Å². The molecule has 1 atom stereocenters. The maximum atomic E-state index is 11.3. The average Bonchev–Trinajstić information content (AvgIpc) is 2.55. The van der Waals surface area contributed by atoms with Gasteiger partial charge in [-0.1, -0.05) is 6.08 Å². The van der Waals surface area contributed by atoms with Gasteiger partial charge in [0, 0.05) is 11.5 Å². The molecule has 0 aromatic heterocycles. The highest BCUT2D eigenvalue weighted by molar-refractivity contribution is 6.30. The van der Waals surface area contributed by atoms with Gasteiger partial charge in [-0.25, -0.2) is 0 Å². The molecule has 1 saturated heterocycles. The molecule has 2 aliphatic rings. The summed E-state index contributed by atoms with van der Waals surface area (Å²) in [6.45, 7) is 0. The number of carbonyl (C=O) groups is 2. The molecule has 1 unspecified atom stereocenters. The second-order valence-electron chi connectivity index (χ2n) is 3.37. The van der Waals surface area contributed by atoms with Crippen molar-refractivity contribution in [3.05, 3.63) is 23.5 Å². The van der Waals surface area contributed by atoms with Crippen LogP contribution in [0, 0.1) is 5.92 Å². The number of allylic oxidation sites excluding steroid dienone is 4. The number of hydrogen-bond acceptors (Lipinski definition) is 3. The molecular formula is C10H9ClO3. The zero-order chi connectivity index (χ0) is 10.1. The SMILES string of the molecule is O=C1CC2CC=C(C(=O)CCl)C=C2O1. The highest BCUT2D eigenvalue weighted by atomic mass is 35.5. The van der Waals surface area contributed by atoms with Crippen molar-refractivity contribution in [2.24, 2.45) is 5.92 Å². The maximum Gasteiger partial charge on any atom is 0.311 e. The minimum absolute atomic E-state index is 0.0335. The molecule has 1 fully saturated rings. The molecule has 0 N–H and O–H groups in total. The molecule has 0 amide bonds. The van der Waals surface area contributed by atoms with Gasteiger partial charge in [0.1, 0.15) is 5.76 Å². The summed E-state index contributed by atoms with van der Waals surface area (Å²) in [7, 11) is 0. The number of ether oxygens (including phenoxy) is 1. The smallest absolute Gasteiger partial charge is 0.311 e. The molecule has 0 radical (unpaired) electrons. The third kappa shape index (κ3) is 1.60. The van der Waals surface area contributed by atoms with Gasteiger partial charge in [-0.05, 0) is 12.5 Å². The third-order valence-electron chi connectivity index (χ3n) is 2.41. The second kappa shape index (κ2) is 3.58. The lowest BCUT2D eigenvalue weighted by Crippen LogP contribution is -2.09. The van der Waals surface area contributed by atoms with Crippen molar-refractivity contribution in [2.45, 2.75) is 12.8 Å². The first-order valence-corrected chi connectivity index (χ1v) is 4.95. The predicted octanol–water partition coefficient (Wildman–Crippen LogP) is 1.57. The Morgan fingerprint density at radius 3 is 3.14 bits per heavy atom. The zero-order valence-electron chi connectivity index (χ0n) is 7.46. The van der Waals surface area contributed by atoms with E-state index in [1.807, 2.05) is 6.08 Å². The second-order valence-corrected chi connectivity index (χ2v) is 3.64. The van der Waals surface area contributed by atoms with Gasteiger partial charge in [-0.15, -0.1) is 11.6 Å². The van der Waals surface area contributed by atoms with Crippen molar-refractivity contribution in [3.63, 3.8) is 0 Å². The summed E-state index contributed by atoms with van der Waals surface area (Å²) in [5.74, 6) is 0.379. The Kier molecular flexibility index (Phi) is 2.42. The van der Waals surface area contributed by atoms with Crippen LogP contribution in [0.3, 0.4) is 0 Å². The van der Waals surface area contributed by atoms with Gasteiger partial charge in [0.15, 0.2) is 5.78 Å². The van der Waals surface area contributed by atoms with Crippen molar-refractivity contribution < 1.29 is 14.3 Å². The molecule has 14 heavy (non-hydrogen) atoms. The topological polar surface area (TPSA) is 43.4 Å². The monoisotopic (exact) mass is 212 g/mol. The average molecular weight is 213 g/mol. The van der Waals surface area contributed by atoms with E-state index in [1.54, 1.807) is 6.08 Å². The Labute approximate surface area is 86.4 Å². The Morgan fingerprint density at radius 1 is 1.64 bits per heavy atom. The van der Waals surface area contributed by atoms with E-state index in [0.717, 1.165) is 0 Å². The molecule has 3 nitrogen and oxygen atoms in total. The number of esters is 1. The van der Waals surface area contributed by atoms with Crippen LogP contribution in [-0.4, -0.2) is 17.6 Å². The fourth-order valence-corrected chi connectivity index (χ4v) is 1.81. The van der Waals surface area contributed by atoms with Crippen molar-refractivity contribution >= 4 is 23.4 Å². The quantitative estimate of drug-likeness (QED) is 0.516. The van der Waals surface area contributed by atoms with Gasteiger partial charge < -0.3 is 4.74 Å². The molecule has 0 aromatic carbocycles. The van der Waals surface area contributed by atoms with Crippen LogP contribution >= 0.6 is 11.6 Å². The van der Waals surface area contributed by atoms with Gasteiger partial charge in [0.2, 0.25) is 0 Å². The molecule has 2 rings (SSSR count). The Morgan fingerprint density at radius 2 is 2.43 bits per heavy atom. The Hall–Kier alpha value is -1.09. The van der Waals surface area contributed by atoms with Gasteiger partial charge in [0.25, 0.3) is 0 Å². The van der Waals surface area contributed by atoms with Crippen molar-refractivity contribution in [1.29, 1.82) is 0 Å². The van der Waals surface area contributed by atoms with Crippen molar-refractivity contribution in [2.75, 3.05) is 5.88 Å². The van der Waals surface area contributed by atoms with E-state index in [0.29, 0.717) is 24.2 Å². The number of alkyl halides is 1. The summed E-state index contributed by atoms with van der Waals surface area (Å²) in [5.41, 5.74) is 0.556. The first kappa shape index (κ1) is 9.46. The predicted molar refractivity (Wildman–Crippen MR) is 50.7 cm³/mol. The van der Waals surface area contributed by atoms with Gasteiger partial charge in [-0.3, -0.25) is 9.59 Å². The first-order valence-electron chi connectivity index (χ1n) is 4.42. The van der Waals surface area contributed by atoms with Crippen LogP contribution < -0.4 is 0 Å². The summed E-state index contributed by atoms with van der Waals surface area (Å²) < 4.78 is 4.98. The standard InChI is InChI=1S/C10H9ClO3/c11-5-8(12)6-1-2-7-4-10(13)14-9(7)3-6/h1,3,7H,2,4-5H2. The molecule has 0 aromatic rings. The lowest BCUT2D eigenvalue weighted by atomic mass is 9.92. The molecule has 74 valence electrons. The van der Waals surface area contributed by atoms with Gasteiger partial charge in [-0.2, -0.15) is 0 Å². The van der Waals surface area contributed by atoms with Gasteiger partial charge in [0.05, 0.1) is 12.3 Å². The van der Waals surface area contributed by atoms with Crippen LogP contribution in [0.15, 0.2) is 23.5 Å². The van der Waals surface area contributed by atoms with Crippen LogP contribution in [0.4, 0.5) is 0 Å². The minimum atomic E-state index is -0.214. The van der Waals surface area contributed by atoms with Crippen LogP contribution in [0.2, 0.25) is 0 Å². The normalized spacial score (nSPS) is 24.9. The summed E-state index contributed by atoms with van der Waals surface area (Å²) in [5, 5.41) is 0. The largest absolute Gasteiger partial charge is 0.431 e. The van der Waals surface area contributed by atoms with E-state index < -0.39 is 0 Å². The van der Waals surface area contributed by atoms with E-state index >= 15 is 0 Å². The molecule has 0 saturated carbocycles. The molecule has 1 aliphatic carbocycles. The number of fused-ring (bicyclic) bond motifs is 1. The molecule has 0 bridgehead atoms. The zero-order valence-corrected chi connectivity index (χ0v) is 8.21. The Balaban J connectivity index is 2.19. The molecular weight excluding hydrogens is 204 g/mol. The van der Waals surface area contributed by atoms with E-state index in [1.165, 1.54) is 0 Å². The minimum Gasteiger partial charge on any atom is -0.431 e. The summed E-state index contributed by atoms with van der Waals surface area (Å²) in [6, 6.07) is 0. The van der Waals surface area contributed by atoms with Crippen LogP contribution in [-0.2, 0) is 14.3 Å². The fourth-order valence-electron chi connectivity index (χ4n) is 1.66. The van der Waals surface area contributed by atoms with Crippen molar-refractivity contribution in [3.8, 4) is 0 Å². The molecule has 4 heteroatoms. The molecule has 1 aliphatic heterocycles. The summed E-state index contributed by atoms with van der Waals surface area (Å²) in [4.78, 5) is 22.2. The van der Waals surface area contributed by atoms with E-state index in [9.17, 15) is 9.59 Å². The Bertz CT molecular complexity index is 354. The number of ketones is 1. The summed E-state index contributed by atoms with van der Waals surface area (Å²) >= 11 is 5.43. The number of Topliss-reactive ketones (excluding diaryl/α,β-unsaturated/α-hetero) is 1. The summed E-state index contributed by atoms with van der Waals surface area (Å²) in [6.07, 6.45) is 4.56. The van der Waals surface area contributed by atoms with Crippen molar-refractivity contribution in [1.82, 2.24) is 0 Å². The van der Waals surface area contributed by atoms with E-state index in [2.05, 4.69) is 0 Å². The van der Waals surface area contributed by atoms with E-state index in [-0.39, 0.29) is 23.6 Å². The highest BCUT2D eigenvalue weighted by Gasteiger charge is 2.31. The number of carbonyl (C=O) groups excluding carboxylic acids is 2.